The second kappa shape index (κ2) is 5.50. The maximum atomic E-state index is 10.9. The number of carbonyl (C=O) groups is 2. The largest absolute Gasteiger partial charge is 0.395 e. The number of nitrogens with two attached hydrogens (primary N) is 1. The van der Waals surface area contributed by atoms with Crippen molar-refractivity contribution in [3.8, 4) is 0 Å². The lowest BCUT2D eigenvalue weighted by Gasteiger charge is -2.10. The third-order valence-electron chi connectivity index (χ3n) is 1.20. The van der Waals surface area contributed by atoms with Gasteiger partial charge >= 0.3 is 6.03 Å². The molecular weight excluding hydrogens is 162 g/mol. The molecule has 0 aromatic rings. The minimum absolute atomic E-state index is 0.0613. The molecule has 0 spiro atoms. The molecule has 0 heterocycles. The SMILES string of the molecule is CC(NCCO)C(=O)NC(N)=O. The van der Waals surface area contributed by atoms with Crippen LogP contribution in [0.3, 0.4) is 0 Å². The Morgan fingerprint density at radius 2 is 2.17 bits per heavy atom. The Morgan fingerprint density at radius 1 is 1.58 bits per heavy atom. The molecule has 0 aliphatic heterocycles. The third-order valence-corrected chi connectivity index (χ3v) is 1.20. The average Bonchev–Trinajstić information content (AvgIpc) is 1.98. The van der Waals surface area contributed by atoms with Gasteiger partial charge in [0.2, 0.25) is 5.91 Å². The molecular formula is C6H13N3O3. The number of hydrogen-bond acceptors (Lipinski definition) is 4. The molecule has 0 saturated heterocycles. The zero-order valence-corrected chi connectivity index (χ0v) is 6.83. The summed E-state index contributed by atoms with van der Waals surface area (Å²) in [6.45, 7) is 1.80. The summed E-state index contributed by atoms with van der Waals surface area (Å²) < 4.78 is 0. The van der Waals surface area contributed by atoms with Crippen LogP contribution in [0.4, 0.5) is 4.79 Å². The predicted octanol–water partition coefficient (Wildman–Crippen LogP) is -1.85. The summed E-state index contributed by atoms with van der Waals surface area (Å²) in [5.41, 5.74) is 4.71. The Hall–Kier alpha value is -1.14. The van der Waals surface area contributed by atoms with Crippen molar-refractivity contribution in [1.82, 2.24) is 10.6 Å². The van der Waals surface area contributed by atoms with Crippen molar-refractivity contribution in [2.45, 2.75) is 13.0 Å². The van der Waals surface area contributed by atoms with Gasteiger partial charge in [0, 0.05) is 6.54 Å². The normalized spacial score (nSPS) is 12.2. The number of rotatable bonds is 4. The van der Waals surface area contributed by atoms with E-state index < -0.39 is 18.0 Å². The van der Waals surface area contributed by atoms with E-state index in [2.05, 4.69) is 5.32 Å². The van der Waals surface area contributed by atoms with Gasteiger partial charge in [-0.1, -0.05) is 0 Å². The van der Waals surface area contributed by atoms with Crippen LogP contribution in [0.1, 0.15) is 6.92 Å². The summed E-state index contributed by atoms with van der Waals surface area (Å²) in [5, 5.41) is 13.0. The molecule has 6 nitrogen and oxygen atoms in total. The fourth-order valence-corrected chi connectivity index (χ4v) is 0.603. The molecule has 5 N–H and O–H groups in total. The Morgan fingerprint density at radius 3 is 2.58 bits per heavy atom. The van der Waals surface area contributed by atoms with E-state index in [0.29, 0.717) is 6.54 Å². The Kier molecular flexibility index (Phi) is 4.98. The van der Waals surface area contributed by atoms with Gasteiger partial charge in [-0.05, 0) is 6.92 Å². The Bertz CT molecular complexity index is 171. The number of amides is 3. The molecule has 3 amide bonds. The molecule has 0 bridgehead atoms. The van der Waals surface area contributed by atoms with E-state index in [4.69, 9.17) is 10.8 Å². The number of hydrogen-bond donors (Lipinski definition) is 4. The van der Waals surface area contributed by atoms with E-state index in [1.165, 1.54) is 0 Å². The van der Waals surface area contributed by atoms with Crippen molar-refractivity contribution in [3.05, 3.63) is 0 Å². The number of urea groups is 1. The summed E-state index contributed by atoms with van der Waals surface area (Å²) in [4.78, 5) is 21.1. The highest BCUT2D eigenvalue weighted by molar-refractivity contribution is 5.96. The molecule has 0 radical (unpaired) electrons. The molecule has 0 aliphatic rings. The van der Waals surface area contributed by atoms with Gasteiger partial charge in [0.25, 0.3) is 0 Å². The number of primary amides is 1. The summed E-state index contributed by atoms with van der Waals surface area (Å²) >= 11 is 0. The van der Waals surface area contributed by atoms with E-state index in [9.17, 15) is 9.59 Å². The number of nitrogens with one attached hydrogen (secondary N) is 2. The predicted molar refractivity (Wildman–Crippen MR) is 42.3 cm³/mol. The molecule has 1 atom stereocenters. The van der Waals surface area contributed by atoms with Crippen LogP contribution in [0.5, 0.6) is 0 Å². The number of aliphatic hydroxyl groups excluding tert-OH is 1. The highest BCUT2D eigenvalue weighted by atomic mass is 16.3. The zero-order valence-electron chi connectivity index (χ0n) is 6.83. The van der Waals surface area contributed by atoms with Crippen molar-refractivity contribution < 1.29 is 14.7 Å². The molecule has 6 heteroatoms. The van der Waals surface area contributed by atoms with Crippen molar-refractivity contribution in [2.24, 2.45) is 5.73 Å². The van der Waals surface area contributed by atoms with Crippen molar-refractivity contribution in [2.75, 3.05) is 13.2 Å². The van der Waals surface area contributed by atoms with E-state index in [1.807, 2.05) is 5.32 Å². The molecule has 0 aliphatic carbocycles. The summed E-state index contributed by atoms with van der Waals surface area (Å²) in [6, 6.07) is -1.41. The van der Waals surface area contributed by atoms with Crippen molar-refractivity contribution in [1.29, 1.82) is 0 Å². The first-order chi connectivity index (χ1) is 5.57. The number of aliphatic hydroxyl groups is 1. The van der Waals surface area contributed by atoms with Crippen molar-refractivity contribution in [3.63, 3.8) is 0 Å². The monoisotopic (exact) mass is 175 g/mol. The van der Waals surface area contributed by atoms with Gasteiger partial charge in [0.15, 0.2) is 0 Å². The second-order valence-electron chi connectivity index (χ2n) is 2.25. The quantitative estimate of drug-likeness (QED) is 0.402. The van der Waals surface area contributed by atoms with Crippen LogP contribution in [0, 0.1) is 0 Å². The first-order valence-corrected chi connectivity index (χ1v) is 3.52. The number of imide groups is 1. The highest BCUT2D eigenvalue weighted by Gasteiger charge is 2.12. The third kappa shape index (κ3) is 4.64. The maximum Gasteiger partial charge on any atom is 0.318 e. The zero-order chi connectivity index (χ0) is 9.56. The van der Waals surface area contributed by atoms with Gasteiger partial charge in [0.1, 0.15) is 0 Å². The van der Waals surface area contributed by atoms with Crippen LogP contribution in [-0.2, 0) is 4.79 Å². The lowest BCUT2D eigenvalue weighted by Crippen LogP contribution is -2.47. The van der Waals surface area contributed by atoms with E-state index in [0.717, 1.165) is 0 Å². The van der Waals surface area contributed by atoms with Crippen LogP contribution in [-0.4, -0.2) is 36.2 Å². The first kappa shape index (κ1) is 10.9. The van der Waals surface area contributed by atoms with E-state index >= 15 is 0 Å². The van der Waals surface area contributed by atoms with Gasteiger partial charge in [-0.25, -0.2) is 4.79 Å². The van der Waals surface area contributed by atoms with E-state index in [-0.39, 0.29) is 6.61 Å². The van der Waals surface area contributed by atoms with Gasteiger partial charge < -0.3 is 16.2 Å². The highest BCUT2D eigenvalue weighted by Crippen LogP contribution is 1.79. The topological polar surface area (TPSA) is 104 Å². The van der Waals surface area contributed by atoms with Gasteiger partial charge in [0.05, 0.1) is 12.6 Å². The summed E-state index contributed by atoms with van der Waals surface area (Å²) in [5.74, 6) is -0.504. The van der Waals surface area contributed by atoms with Gasteiger partial charge in [-0.15, -0.1) is 0 Å². The molecule has 0 aromatic carbocycles. The maximum absolute atomic E-state index is 10.9. The average molecular weight is 175 g/mol. The standard InChI is InChI=1S/C6H13N3O3/c1-4(8-2-3-10)5(11)9-6(7)12/h4,8,10H,2-3H2,1H3,(H3,7,9,11,12). The summed E-state index contributed by atoms with van der Waals surface area (Å²) in [6.07, 6.45) is 0. The Labute approximate surface area is 70.1 Å². The molecule has 1 unspecified atom stereocenters. The van der Waals surface area contributed by atoms with Crippen LogP contribution < -0.4 is 16.4 Å². The molecule has 12 heavy (non-hydrogen) atoms. The molecule has 0 rings (SSSR count). The van der Waals surface area contributed by atoms with Crippen LogP contribution >= 0.6 is 0 Å². The van der Waals surface area contributed by atoms with Crippen LogP contribution in [0.25, 0.3) is 0 Å². The van der Waals surface area contributed by atoms with E-state index in [1.54, 1.807) is 6.92 Å². The lowest BCUT2D eigenvalue weighted by atomic mass is 10.3. The minimum atomic E-state index is -0.877. The fraction of sp³-hybridized carbons (Fsp3) is 0.667. The number of carbonyl (C=O) groups excluding carboxylic acids is 2. The Balaban J connectivity index is 3.69. The molecule has 0 fully saturated rings. The molecule has 0 saturated carbocycles. The minimum Gasteiger partial charge on any atom is -0.395 e. The van der Waals surface area contributed by atoms with Crippen LogP contribution in [0.2, 0.25) is 0 Å². The van der Waals surface area contributed by atoms with Gasteiger partial charge in [-0.3, -0.25) is 10.1 Å². The smallest absolute Gasteiger partial charge is 0.318 e. The molecule has 70 valence electrons. The lowest BCUT2D eigenvalue weighted by molar-refractivity contribution is -0.121. The first-order valence-electron chi connectivity index (χ1n) is 3.52. The second-order valence-corrected chi connectivity index (χ2v) is 2.25. The van der Waals surface area contributed by atoms with Crippen LogP contribution in [0.15, 0.2) is 0 Å². The van der Waals surface area contributed by atoms with Crippen molar-refractivity contribution >= 4 is 11.9 Å². The fourth-order valence-electron chi connectivity index (χ4n) is 0.603. The van der Waals surface area contributed by atoms with Gasteiger partial charge in [-0.2, -0.15) is 0 Å². The summed E-state index contributed by atoms with van der Waals surface area (Å²) in [7, 11) is 0. The molecule has 0 aromatic heterocycles.